The summed E-state index contributed by atoms with van der Waals surface area (Å²) in [5.41, 5.74) is 7.14. The number of nitrogens with one attached hydrogen (secondary N) is 1. The van der Waals surface area contributed by atoms with E-state index in [2.05, 4.69) is 0 Å². The van der Waals surface area contributed by atoms with Crippen LogP contribution in [0.5, 0.6) is 0 Å². The van der Waals surface area contributed by atoms with E-state index in [1.807, 2.05) is 19.1 Å². The second-order valence-electron chi connectivity index (χ2n) is 4.19. The molecule has 102 valence electrons. The van der Waals surface area contributed by atoms with Crippen molar-refractivity contribution in [2.45, 2.75) is 16.7 Å². The number of nitrogens with zero attached hydrogens (tertiary/aromatic N) is 1. The molecule has 2 rings (SSSR count). The van der Waals surface area contributed by atoms with Crippen molar-refractivity contribution in [1.82, 2.24) is 0 Å². The molecule has 0 aliphatic carbocycles. The van der Waals surface area contributed by atoms with E-state index in [0.29, 0.717) is 10.5 Å². The third-order valence-corrected chi connectivity index (χ3v) is 4.09. The van der Waals surface area contributed by atoms with E-state index in [4.69, 9.17) is 11.1 Å². The van der Waals surface area contributed by atoms with Gasteiger partial charge in [-0.3, -0.25) is 15.5 Å². The zero-order valence-corrected chi connectivity index (χ0v) is 11.6. The van der Waals surface area contributed by atoms with Gasteiger partial charge in [0.15, 0.2) is 0 Å². The highest BCUT2D eigenvalue weighted by atomic mass is 32.2. The molecule has 6 heteroatoms. The van der Waals surface area contributed by atoms with Crippen molar-refractivity contribution in [3.05, 3.63) is 63.7 Å². The summed E-state index contributed by atoms with van der Waals surface area (Å²) in [6.45, 7) is 1.89. The lowest BCUT2D eigenvalue weighted by Gasteiger charge is -2.11. The number of nitrogens with two attached hydrogens (primary N) is 1. The second-order valence-corrected chi connectivity index (χ2v) is 5.24. The van der Waals surface area contributed by atoms with Crippen molar-refractivity contribution in [2.24, 2.45) is 5.73 Å². The van der Waals surface area contributed by atoms with Gasteiger partial charge in [-0.1, -0.05) is 42.1 Å². The van der Waals surface area contributed by atoms with Crippen LogP contribution in [0.25, 0.3) is 0 Å². The van der Waals surface area contributed by atoms with Crippen LogP contribution in [0.3, 0.4) is 0 Å². The van der Waals surface area contributed by atoms with Gasteiger partial charge in [-0.05, 0) is 18.6 Å². The van der Waals surface area contributed by atoms with Crippen LogP contribution in [0.1, 0.15) is 11.1 Å². The minimum Gasteiger partial charge on any atom is -0.384 e. The Hall–Kier alpha value is -2.34. The van der Waals surface area contributed by atoms with Gasteiger partial charge >= 0.3 is 0 Å². The second kappa shape index (κ2) is 5.75. The van der Waals surface area contributed by atoms with E-state index in [0.717, 1.165) is 10.5 Å². The van der Waals surface area contributed by atoms with Gasteiger partial charge in [-0.25, -0.2) is 0 Å². The van der Waals surface area contributed by atoms with E-state index >= 15 is 0 Å². The van der Waals surface area contributed by atoms with Crippen molar-refractivity contribution >= 4 is 23.3 Å². The highest BCUT2D eigenvalue weighted by molar-refractivity contribution is 7.99. The number of hydrogen-bond acceptors (Lipinski definition) is 4. The Kier molecular flexibility index (Phi) is 4.05. The Morgan fingerprint density at radius 1 is 1.25 bits per heavy atom. The van der Waals surface area contributed by atoms with Crippen LogP contribution in [0.2, 0.25) is 0 Å². The molecule has 0 atom stereocenters. The third-order valence-electron chi connectivity index (χ3n) is 2.78. The maximum Gasteiger partial charge on any atom is 0.283 e. The van der Waals surface area contributed by atoms with Crippen molar-refractivity contribution in [1.29, 1.82) is 5.41 Å². The van der Waals surface area contributed by atoms with Crippen LogP contribution in [0.4, 0.5) is 5.69 Å². The lowest BCUT2D eigenvalue weighted by Crippen LogP contribution is -2.12. The van der Waals surface area contributed by atoms with Crippen LogP contribution in [-0.4, -0.2) is 10.8 Å². The van der Waals surface area contributed by atoms with Gasteiger partial charge < -0.3 is 5.73 Å². The maximum atomic E-state index is 11.0. The van der Waals surface area contributed by atoms with Gasteiger partial charge in [-0.2, -0.15) is 0 Å². The Labute approximate surface area is 120 Å². The zero-order chi connectivity index (χ0) is 14.7. The molecule has 0 heterocycles. The molecule has 0 saturated carbocycles. The first-order valence-electron chi connectivity index (χ1n) is 5.86. The Morgan fingerprint density at radius 3 is 2.60 bits per heavy atom. The monoisotopic (exact) mass is 287 g/mol. The quantitative estimate of drug-likeness (QED) is 0.390. The van der Waals surface area contributed by atoms with E-state index in [9.17, 15) is 10.1 Å². The number of aryl methyl sites for hydroxylation is 1. The van der Waals surface area contributed by atoms with E-state index < -0.39 is 4.92 Å². The zero-order valence-electron chi connectivity index (χ0n) is 10.8. The van der Waals surface area contributed by atoms with Gasteiger partial charge in [0.1, 0.15) is 5.84 Å². The molecular weight excluding hydrogens is 274 g/mol. The summed E-state index contributed by atoms with van der Waals surface area (Å²) in [6, 6.07) is 12.0. The number of nitro groups is 1. The van der Waals surface area contributed by atoms with Crippen molar-refractivity contribution in [3.63, 3.8) is 0 Å². The fourth-order valence-corrected chi connectivity index (χ4v) is 2.93. The van der Waals surface area contributed by atoms with Gasteiger partial charge in [0, 0.05) is 16.5 Å². The Morgan fingerprint density at radius 2 is 1.95 bits per heavy atom. The molecule has 0 spiro atoms. The molecule has 0 aromatic heterocycles. The smallest absolute Gasteiger partial charge is 0.283 e. The fraction of sp³-hybridized carbons (Fsp3) is 0.0714. The molecule has 5 nitrogen and oxygen atoms in total. The molecule has 20 heavy (non-hydrogen) atoms. The summed E-state index contributed by atoms with van der Waals surface area (Å²) in [5, 5.41) is 18.6. The summed E-state index contributed by atoms with van der Waals surface area (Å²) in [4.78, 5) is 11.9. The van der Waals surface area contributed by atoms with Gasteiger partial charge in [-0.15, -0.1) is 0 Å². The number of benzene rings is 2. The molecule has 0 radical (unpaired) electrons. The van der Waals surface area contributed by atoms with Gasteiger partial charge in [0.2, 0.25) is 0 Å². The number of nitrogen functional groups attached to an aromatic ring is 1. The minimum atomic E-state index is -0.409. The SMILES string of the molecule is Cc1cccc(C(=N)N)c1Sc1ccccc1[N+](=O)[O-]. The summed E-state index contributed by atoms with van der Waals surface area (Å²) >= 11 is 1.26. The minimum absolute atomic E-state index is 0.0465. The maximum absolute atomic E-state index is 11.0. The van der Waals surface area contributed by atoms with Gasteiger partial charge in [0.05, 0.1) is 9.82 Å². The van der Waals surface area contributed by atoms with E-state index in [-0.39, 0.29) is 11.5 Å². The highest BCUT2D eigenvalue weighted by Crippen LogP contribution is 2.37. The molecule has 0 aliphatic rings. The topological polar surface area (TPSA) is 93.0 Å². The first kappa shape index (κ1) is 14.1. The average molecular weight is 287 g/mol. The first-order chi connectivity index (χ1) is 9.50. The number of nitro benzene ring substituents is 1. The molecule has 2 aromatic carbocycles. The van der Waals surface area contributed by atoms with Crippen LogP contribution >= 0.6 is 11.8 Å². The molecule has 0 bridgehead atoms. The molecule has 2 aromatic rings. The van der Waals surface area contributed by atoms with Crippen molar-refractivity contribution < 1.29 is 4.92 Å². The van der Waals surface area contributed by atoms with E-state index in [1.165, 1.54) is 17.8 Å². The summed E-state index contributed by atoms with van der Waals surface area (Å²) in [5.74, 6) is -0.0465. The Bertz CT molecular complexity index is 686. The normalized spacial score (nSPS) is 10.2. The molecule has 0 unspecified atom stereocenters. The molecule has 3 N–H and O–H groups in total. The number of para-hydroxylation sites is 1. The van der Waals surface area contributed by atoms with Crippen LogP contribution in [0, 0.1) is 22.4 Å². The number of amidine groups is 1. The lowest BCUT2D eigenvalue weighted by molar-refractivity contribution is -0.387. The molecule has 0 amide bonds. The summed E-state index contributed by atoms with van der Waals surface area (Å²) in [6.07, 6.45) is 0. The summed E-state index contributed by atoms with van der Waals surface area (Å²) in [7, 11) is 0. The first-order valence-corrected chi connectivity index (χ1v) is 6.67. The van der Waals surface area contributed by atoms with Crippen LogP contribution in [-0.2, 0) is 0 Å². The predicted octanol–water partition coefficient (Wildman–Crippen LogP) is 3.34. The van der Waals surface area contributed by atoms with Crippen molar-refractivity contribution in [3.8, 4) is 0 Å². The lowest BCUT2D eigenvalue weighted by atomic mass is 10.1. The van der Waals surface area contributed by atoms with Crippen LogP contribution < -0.4 is 5.73 Å². The average Bonchev–Trinajstić information content (AvgIpc) is 2.41. The molecule has 0 fully saturated rings. The van der Waals surface area contributed by atoms with Crippen molar-refractivity contribution in [2.75, 3.05) is 0 Å². The largest absolute Gasteiger partial charge is 0.384 e. The summed E-state index contributed by atoms with van der Waals surface area (Å²) < 4.78 is 0. The van der Waals surface area contributed by atoms with E-state index in [1.54, 1.807) is 24.3 Å². The Balaban J connectivity index is 2.51. The number of hydrogen-bond donors (Lipinski definition) is 2. The molecule has 0 saturated heterocycles. The molecule has 0 aliphatic heterocycles. The van der Waals surface area contributed by atoms with Crippen LogP contribution in [0.15, 0.2) is 52.3 Å². The van der Waals surface area contributed by atoms with Gasteiger partial charge in [0.25, 0.3) is 5.69 Å². The predicted molar refractivity (Wildman–Crippen MR) is 79.4 cm³/mol. The highest BCUT2D eigenvalue weighted by Gasteiger charge is 2.17. The fourth-order valence-electron chi connectivity index (χ4n) is 1.80. The molecular formula is C14H13N3O2S. The third kappa shape index (κ3) is 2.80. The number of rotatable bonds is 4. The standard InChI is InChI=1S/C14H13N3O2S/c1-9-5-4-6-10(14(15)16)13(9)20-12-8-3-2-7-11(12)17(18)19/h2-8H,1H3,(H3,15,16).